The van der Waals surface area contributed by atoms with Crippen LogP contribution in [0, 0.1) is 0 Å². The fourth-order valence-corrected chi connectivity index (χ4v) is 3.27. The minimum atomic E-state index is 0.158. The van der Waals surface area contributed by atoms with Crippen molar-refractivity contribution >= 4 is 11.6 Å². The highest BCUT2D eigenvalue weighted by molar-refractivity contribution is 6.31. The Morgan fingerprint density at radius 1 is 1.09 bits per heavy atom. The summed E-state index contributed by atoms with van der Waals surface area (Å²) in [6.45, 7) is 4.02. The molecule has 22 heavy (non-hydrogen) atoms. The summed E-state index contributed by atoms with van der Waals surface area (Å²) in [5.74, 6) is 0.879. The monoisotopic (exact) mass is 316 g/mol. The summed E-state index contributed by atoms with van der Waals surface area (Å²) in [6, 6.07) is 16.6. The Labute approximate surface area is 136 Å². The third-order valence-electron chi connectivity index (χ3n) is 4.13. The fourth-order valence-electron chi connectivity index (χ4n) is 3.04. The Morgan fingerprint density at radius 3 is 2.59 bits per heavy atom. The molecule has 0 aromatic heterocycles. The highest BCUT2D eigenvalue weighted by Crippen LogP contribution is 2.34. The molecular weight excluding hydrogens is 296 g/mol. The van der Waals surface area contributed by atoms with Crippen LogP contribution in [-0.4, -0.2) is 38.2 Å². The fraction of sp³-hybridized carbons (Fsp3) is 0.333. The molecular formula is C18H21ClN2O. The number of piperazine rings is 1. The van der Waals surface area contributed by atoms with Gasteiger partial charge in [0.05, 0.1) is 13.2 Å². The SMILES string of the molecule is COc1cccc(C(c2ccccc2Cl)N2CCNCC2)c1. The third kappa shape index (κ3) is 3.27. The van der Waals surface area contributed by atoms with E-state index in [1.165, 1.54) is 5.56 Å². The van der Waals surface area contributed by atoms with Gasteiger partial charge in [-0.2, -0.15) is 0 Å². The van der Waals surface area contributed by atoms with Crippen LogP contribution in [0.3, 0.4) is 0 Å². The summed E-state index contributed by atoms with van der Waals surface area (Å²) in [4.78, 5) is 2.48. The van der Waals surface area contributed by atoms with E-state index in [-0.39, 0.29) is 6.04 Å². The number of methoxy groups -OCH3 is 1. The van der Waals surface area contributed by atoms with Crippen LogP contribution < -0.4 is 10.1 Å². The molecule has 1 unspecified atom stereocenters. The van der Waals surface area contributed by atoms with Gasteiger partial charge in [0, 0.05) is 31.2 Å². The van der Waals surface area contributed by atoms with Gasteiger partial charge in [-0.1, -0.05) is 41.9 Å². The maximum atomic E-state index is 6.49. The van der Waals surface area contributed by atoms with E-state index in [9.17, 15) is 0 Å². The van der Waals surface area contributed by atoms with Crippen molar-refractivity contribution in [1.29, 1.82) is 0 Å². The first-order chi connectivity index (χ1) is 10.8. The normalized spacial score (nSPS) is 17.2. The van der Waals surface area contributed by atoms with Crippen molar-refractivity contribution in [2.45, 2.75) is 6.04 Å². The van der Waals surface area contributed by atoms with E-state index in [2.05, 4.69) is 34.5 Å². The zero-order chi connectivity index (χ0) is 15.4. The highest BCUT2D eigenvalue weighted by atomic mass is 35.5. The maximum absolute atomic E-state index is 6.49. The average Bonchev–Trinajstić information content (AvgIpc) is 2.58. The smallest absolute Gasteiger partial charge is 0.119 e. The summed E-state index contributed by atoms with van der Waals surface area (Å²) in [6.07, 6.45) is 0. The van der Waals surface area contributed by atoms with Gasteiger partial charge in [-0.05, 0) is 29.3 Å². The lowest BCUT2D eigenvalue weighted by molar-refractivity contribution is 0.198. The number of halogens is 1. The number of nitrogens with zero attached hydrogens (tertiary/aromatic N) is 1. The van der Waals surface area contributed by atoms with Gasteiger partial charge in [0.1, 0.15) is 5.75 Å². The van der Waals surface area contributed by atoms with Crippen molar-refractivity contribution in [1.82, 2.24) is 10.2 Å². The lowest BCUT2D eigenvalue weighted by Crippen LogP contribution is -2.45. The number of nitrogens with one attached hydrogen (secondary N) is 1. The molecule has 1 saturated heterocycles. The van der Waals surface area contributed by atoms with Gasteiger partial charge in [-0.15, -0.1) is 0 Å². The van der Waals surface area contributed by atoms with Crippen molar-refractivity contribution in [3.8, 4) is 5.75 Å². The van der Waals surface area contributed by atoms with E-state index < -0.39 is 0 Å². The van der Waals surface area contributed by atoms with Gasteiger partial charge in [0.2, 0.25) is 0 Å². The molecule has 1 atom stereocenters. The zero-order valence-corrected chi connectivity index (χ0v) is 13.5. The average molecular weight is 317 g/mol. The maximum Gasteiger partial charge on any atom is 0.119 e. The van der Waals surface area contributed by atoms with Gasteiger partial charge in [-0.3, -0.25) is 4.90 Å². The molecule has 116 valence electrons. The number of benzene rings is 2. The highest BCUT2D eigenvalue weighted by Gasteiger charge is 2.25. The number of rotatable bonds is 4. The molecule has 0 aliphatic carbocycles. The van der Waals surface area contributed by atoms with Gasteiger partial charge in [-0.25, -0.2) is 0 Å². The molecule has 0 radical (unpaired) electrons. The minimum Gasteiger partial charge on any atom is -0.497 e. The largest absolute Gasteiger partial charge is 0.497 e. The quantitative estimate of drug-likeness (QED) is 0.936. The van der Waals surface area contributed by atoms with Crippen molar-refractivity contribution in [3.05, 3.63) is 64.7 Å². The predicted octanol–water partition coefficient (Wildman–Crippen LogP) is 3.34. The van der Waals surface area contributed by atoms with Crippen LogP contribution in [0.15, 0.2) is 48.5 Å². The molecule has 2 aromatic rings. The molecule has 3 rings (SSSR count). The molecule has 4 heteroatoms. The zero-order valence-electron chi connectivity index (χ0n) is 12.8. The van der Waals surface area contributed by atoms with E-state index in [1.54, 1.807) is 7.11 Å². The molecule has 1 heterocycles. The summed E-state index contributed by atoms with van der Waals surface area (Å²) < 4.78 is 5.39. The number of hydrogen-bond acceptors (Lipinski definition) is 3. The van der Waals surface area contributed by atoms with Crippen molar-refractivity contribution in [2.75, 3.05) is 33.3 Å². The predicted molar refractivity (Wildman–Crippen MR) is 90.7 cm³/mol. The third-order valence-corrected chi connectivity index (χ3v) is 4.47. The number of ether oxygens (including phenoxy) is 1. The lowest BCUT2D eigenvalue weighted by atomic mass is 9.96. The van der Waals surface area contributed by atoms with Gasteiger partial charge in [0.15, 0.2) is 0 Å². The molecule has 1 aliphatic heterocycles. The topological polar surface area (TPSA) is 24.5 Å². The molecule has 0 saturated carbocycles. The summed E-state index contributed by atoms with van der Waals surface area (Å²) >= 11 is 6.49. The van der Waals surface area contributed by atoms with Crippen LogP contribution in [-0.2, 0) is 0 Å². The summed E-state index contributed by atoms with van der Waals surface area (Å²) in [5.41, 5.74) is 2.37. The van der Waals surface area contributed by atoms with E-state index in [0.29, 0.717) is 0 Å². The Bertz CT molecular complexity index is 626. The van der Waals surface area contributed by atoms with Crippen molar-refractivity contribution in [2.24, 2.45) is 0 Å². The van der Waals surface area contributed by atoms with Crippen LogP contribution in [0.1, 0.15) is 17.2 Å². The molecule has 2 aromatic carbocycles. The van der Waals surface area contributed by atoms with E-state index in [4.69, 9.17) is 16.3 Å². The first-order valence-corrected chi connectivity index (χ1v) is 8.00. The second-order valence-corrected chi connectivity index (χ2v) is 5.89. The summed E-state index contributed by atoms with van der Waals surface area (Å²) in [5, 5.41) is 4.22. The van der Waals surface area contributed by atoms with Gasteiger partial charge < -0.3 is 10.1 Å². The standard InChI is InChI=1S/C18H21ClN2O/c1-22-15-6-4-5-14(13-15)18(21-11-9-20-10-12-21)16-7-2-3-8-17(16)19/h2-8,13,18,20H,9-12H2,1H3. The molecule has 0 bridgehead atoms. The van der Waals surface area contributed by atoms with Crippen molar-refractivity contribution < 1.29 is 4.74 Å². The van der Waals surface area contributed by atoms with E-state index >= 15 is 0 Å². The van der Waals surface area contributed by atoms with Crippen LogP contribution in [0.4, 0.5) is 0 Å². The van der Waals surface area contributed by atoms with Gasteiger partial charge >= 0.3 is 0 Å². The van der Waals surface area contributed by atoms with E-state index in [0.717, 1.165) is 42.5 Å². The van der Waals surface area contributed by atoms with Crippen LogP contribution >= 0.6 is 11.6 Å². The second-order valence-electron chi connectivity index (χ2n) is 5.49. The molecule has 1 aliphatic rings. The van der Waals surface area contributed by atoms with E-state index in [1.807, 2.05) is 24.3 Å². The molecule has 0 amide bonds. The summed E-state index contributed by atoms with van der Waals surface area (Å²) in [7, 11) is 1.70. The Hall–Kier alpha value is -1.55. The van der Waals surface area contributed by atoms with Crippen LogP contribution in [0.25, 0.3) is 0 Å². The van der Waals surface area contributed by atoms with Gasteiger partial charge in [0.25, 0.3) is 0 Å². The first kappa shape index (κ1) is 15.3. The van der Waals surface area contributed by atoms with Crippen LogP contribution in [0.5, 0.6) is 5.75 Å². The first-order valence-electron chi connectivity index (χ1n) is 7.63. The van der Waals surface area contributed by atoms with Crippen molar-refractivity contribution in [3.63, 3.8) is 0 Å². The molecule has 1 fully saturated rings. The number of hydrogen-bond donors (Lipinski definition) is 1. The molecule has 1 N–H and O–H groups in total. The lowest BCUT2D eigenvalue weighted by Gasteiger charge is -2.36. The van der Waals surface area contributed by atoms with Crippen LogP contribution in [0.2, 0.25) is 5.02 Å². The Kier molecular flexibility index (Phi) is 4.98. The second kappa shape index (κ2) is 7.14. The Balaban J connectivity index is 2.03. The Morgan fingerprint density at radius 2 is 1.86 bits per heavy atom. The molecule has 3 nitrogen and oxygen atoms in total. The minimum absolute atomic E-state index is 0.158. The molecule has 0 spiro atoms.